The normalized spacial score (nSPS) is 23.1. The lowest BCUT2D eigenvalue weighted by atomic mass is 9.64. The molecule has 6 atom stereocenters. The van der Waals surface area contributed by atoms with Crippen molar-refractivity contribution in [2.45, 2.75) is 42.6 Å². The van der Waals surface area contributed by atoms with E-state index in [1.165, 1.54) is 0 Å². The minimum Gasteiger partial charge on any atom is -0.493 e. The second-order valence-electron chi connectivity index (χ2n) is 16.1. The lowest BCUT2D eigenvalue weighted by Crippen LogP contribution is -2.56. The van der Waals surface area contributed by atoms with Crippen LogP contribution in [0.2, 0.25) is 0 Å². The molecule has 64 heavy (non-hydrogen) atoms. The number of methoxy groups -OCH3 is 2. The summed E-state index contributed by atoms with van der Waals surface area (Å²) in [6.45, 7) is 0.250. The summed E-state index contributed by atoms with van der Waals surface area (Å²) >= 11 is 0. The first-order chi connectivity index (χ1) is 31.2. The van der Waals surface area contributed by atoms with E-state index in [4.69, 9.17) is 24.7 Å². The number of morpholine rings is 1. The Balaban J connectivity index is 1.30. The molecular formula is C50H47N5O9. The predicted molar refractivity (Wildman–Crippen MR) is 235 cm³/mol. The Kier molecular flexibility index (Phi) is 11.4. The van der Waals surface area contributed by atoms with Gasteiger partial charge in [0.25, 0.3) is 0 Å². The van der Waals surface area contributed by atoms with Gasteiger partial charge in [-0.1, -0.05) is 84.6 Å². The maximum absolute atomic E-state index is 16.1. The van der Waals surface area contributed by atoms with E-state index in [1.807, 2.05) is 89.8 Å². The molecule has 0 saturated carbocycles. The molecule has 5 aromatic carbocycles. The fraction of sp³-hybridized carbons (Fsp3) is 0.280. The van der Waals surface area contributed by atoms with Gasteiger partial charge in [0.2, 0.25) is 11.8 Å². The molecule has 0 unspecified atom stereocenters. The molecule has 4 aliphatic heterocycles. The molecule has 14 heteroatoms. The molecule has 14 nitrogen and oxygen atoms in total. The van der Waals surface area contributed by atoms with Crippen molar-refractivity contribution in [1.29, 1.82) is 0 Å². The van der Waals surface area contributed by atoms with Gasteiger partial charge in [-0.25, -0.2) is 4.79 Å². The molecular weight excluding hydrogens is 815 g/mol. The number of ether oxygens (including phenoxy) is 4. The smallest absolute Gasteiger partial charge is 0.324 e. The van der Waals surface area contributed by atoms with Gasteiger partial charge in [0.1, 0.15) is 29.9 Å². The summed E-state index contributed by atoms with van der Waals surface area (Å²) in [6.07, 6.45) is -0.365. The third kappa shape index (κ3) is 7.22. The lowest BCUT2D eigenvalue weighted by molar-refractivity contribution is -0.179. The van der Waals surface area contributed by atoms with Crippen molar-refractivity contribution in [3.63, 3.8) is 0 Å². The molecule has 0 radical (unpaired) electrons. The number of rotatable bonds is 10. The number of aliphatic hydroxyl groups excluding tert-OH is 1. The predicted octanol–water partition coefficient (Wildman–Crippen LogP) is 4.95. The summed E-state index contributed by atoms with van der Waals surface area (Å²) in [6, 6.07) is 31.8. The van der Waals surface area contributed by atoms with Gasteiger partial charge in [-0.15, -0.1) is 0 Å². The zero-order chi connectivity index (χ0) is 44.5. The number of hydrogen-bond donors (Lipinski definition) is 4. The van der Waals surface area contributed by atoms with Gasteiger partial charge in [0, 0.05) is 24.3 Å². The Morgan fingerprint density at radius 3 is 2.28 bits per heavy atom. The van der Waals surface area contributed by atoms with Crippen LogP contribution in [0.4, 0.5) is 10.5 Å². The standard InChI is InChI=1S/C50H47N5O9/c1-61-39-27-33-20-22-54(29-35(33)28-40(39)62-2)46(57)41-43-47(58)64-44(32-14-7-4-8-15-32)42(31-12-5-3-6-13-31)55(43)45(34-16-9-17-36(26-34)63-24-23-56)50(41)37-25-30(11-10-21-52-49(51)60)18-19-38(37)53-48(50)59/h3-9,12-19,25-28,41-45,56H,20-24,29H2,1-2H3,(H,53,59)(H3,51,52,60)/t41-,42-,43-,44+,45+,50-/m1/s1. The van der Waals surface area contributed by atoms with Crippen LogP contribution >= 0.6 is 0 Å². The van der Waals surface area contributed by atoms with Crippen LogP contribution in [0.5, 0.6) is 17.2 Å². The van der Waals surface area contributed by atoms with Gasteiger partial charge >= 0.3 is 12.0 Å². The van der Waals surface area contributed by atoms with Gasteiger partial charge < -0.3 is 45.3 Å². The molecule has 5 N–H and O–H groups in total. The molecule has 0 aliphatic carbocycles. The first kappa shape index (κ1) is 42.0. The lowest BCUT2D eigenvalue weighted by Gasteiger charge is -2.46. The third-order valence-electron chi connectivity index (χ3n) is 12.7. The largest absolute Gasteiger partial charge is 0.493 e. The summed E-state index contributed by atoms with van der Waals surface area (Å²) in [5.41, 5.74) is 8.97. The average molecular weight is 862 g/mol. The van der Waals surface area contributed by atoms with Gasteiger partial charge in [-0.05, 0) is 82.3 Å². The van der Waals surface area contributed by atoms with E-state index < -0.39 is 59.4 Å². The number of anilines is 1. The number of urea groups is 1. The summed E-state index contributed by atoms with van der Waals surface area (Å²) in [7, 11) is 3.13. The molecule has 4 heterocycles. The topological polar surface area (TPSA) is 182 Å². The summed E-state index contributed by atoms with van der Waals surface area (Å²) in [4.78, 5) is 62.3. The zero-order valence-electron chi connectivity index (χ0n) is 35.3. The average Bonchev–Trinajstić information content (AvgIpc) is 3.80. The number of nitrogens with two attached hydrogens (primary N) is 1. The Labute approximate surface area is 370 Å². The first-order valence-corrected chi connectivity index (χ1v) is 21.1. The van der Waals surface area contributed by atoms with Crippen LogP contribution in [0.25, 0.3) is 0 Å². The highest BCUT2D eigenvalue weighted by Gasteiger charge is 2.74. The summed E-state index contributed by atoms with van der Waals surface area (Å²) in [5, 5.41) is 15.4. The number of carbonyl (C=O) groups is 4. The van der Waals surface area contributed by atoms with E-state index in [2.05, 4.69) is 22.5 Å². The number of aliphatic hydroxyl groups is 1. The van der Waals surface area contributed by atoms with Gasteiger partial charge in [-0.3, -0.25) is 19.3 Å². The Hall–Kier alpha value is -7.34. The van der Waals surface area contributed by atoms with Crippen molar-refractivity contribution in [2.75, 3.05) is 45.8 Å². The minimum absolute atomic E-state index is 0.0187. The molecule has 4 aliphatic rings. The number of carbonyl (C=O) groups excluding carboxylic acids is 4. The number of primary amides is 1. The van der Waals surface area contributed by atoms with Gasteiger partial charge in [0.05, 0.1) is 45.4 Å². The Morgan fingerprint density at radius 2 is 1.58 bits per heavy atom. The molecule has 9 rings (SSSR count). The van der Waals surface area contributed by atoms with Crippen LogP contribution in [0.15, 0.2) is 115 Å². The monoisotopic (exact) mass is 861 g/mol. The molecule has 0 aromatic heterocycles. The van der Waals surface area contributed by atoms with Crippen molar-refractivity contribution in [1.82, 2.24) is 15.1 Å². The van der Waals surface area contributed by atoms with E-state index in [0.717, 1.165) is 22.3 Å². The number of benzene rings is 5. The molecule has 4 amide bonds. The highest BCUT2D eigenvalue weighted by atomic mass is 16.6. The van der Waals surface area contributed by atoms with Crippen LogP contribution in [-0.4, -0.2) is 85.3 Å². The second-order valence-corrected chi connectivity index (χ2v) is 16.1. The maximum atomic E-state index is 16.1. The van der Waals surface area contributed by atoms with E-state index in [0.29, 0.717) is 52.6 Å². The number of nitrogens with zero attached hydrogens (tertiary/aromatic N) is 2. The van der Waals surface area contributed by atoms with Crippen molar-refractivity contribution in [3.8, 4) is 29.1 Å². The van der Waals surface area contributed by atoms with E-state index in [1.54, 1.807) is 49.5 Å². The van der Waals surface area contributed by atoms with Crippen LogP contribution < -0.4 is 30.6 Å². The molecule has 2 fully saturated rings. The fourth-order valence-electron chi connectivity index (χ4n) is 10.1. The van der Waals surface area contributed by atoms with Crippen LogP contribution in [0.1, 0.15) is 57.1 Å². The third-order valence-corrected chi connectivity index (χ3v) is 12.7. The fourth-order valence-corrected chi connectivity index (χ4v) is 10.1. The Bertz CT molecular complexity index is 2680. The molecule has 2 saturated heterocycles. The quantitative estimate of drug-likeness (QED) is 0.111. The van der Waals surface area contributed by atoms with Crippen molar-refractivity contribution in [3.05, 3.63) is 154 Å². The first-order valence-electron chi connectivity index (χ1n) is 21.1. The number of nitrogens with one attached hydrogen (secondary N) is 2. The number of fused-ring (bicyclic) bond motifs is 4. The minimum atomic E-state index is -1.77. The van der Waals surface area contributed by atoms with Crippen LogP contribution in [0.3, 0.4) is 0 Å². The maximum Gasteiger partial charge on any atom is 0.324 e. The number of hydrogen-bond acceptors (Lipinski definition) is 10. The van der Waals surface area contributed by atoms with Gasteiger partial charge in [0.15, 0.2) is 11.5 Å². The summed E-state index contributed by atoms with van der Waals surface area (Å²) in [5.74, 6) is 4.67. The van der Waals surface area contributed by atoms with Crippen molar-refractivity contribution < 1.29 is 43.2 Å². The van der Waals surface area contributed by atoms with Crippen molar-refractivity contribution in [2.24, 2.45) is 11.7 Å². The summed E-state index contributed by atoms with van der Waals surface area (Å²) < 4.78 is 23.8. The molecule has 326 valence electrons. The van der Waals surface area contributed by atoms with Gasteiger partial charge in [-0.2, -0.15) is 0 Å². The van der Waals surface area contributed by atoms with E-state index >= 15 is 14.4 Å². The van der Waals surface area contributed by atoms with E-state index in [9.17, 15) is 9.90 Å². The zero-order valence-corrected chi connectivity index (χ0v) is 35.3. The highest BCUT2D eigenvalue weighted by Crippen LogP contribution is 2.65. The SMILES string of the molecule is COc1cc2c(cc1OC)CN(C(=O)[C@H]1[C@@H]3C(=O)O[C@@H](c4ccccc4)[C@@H](c4ccccc4)N3[C@@H](c3cccc(OCCO)c3)[C@]13C(=O)Nc1ccc(C#CCNC(N)=O)cc13)CC2. The highest BCUT2D eigenvalue weighted by molar-refractivity contribution is 6.12. The number of amides is 4. The molecule has 5 aromatic rings. The number of cyclic esters (lactones) is 1. The molecule has 0 bridgehead atoms. The van der Waals surface area contributed by atoms with Crippen LogP contribution in [0, 0.1) is 17.8 Å². The second kappa shape index (κ2) is 17.4. The molecule has 1 spiro atoms. The van der Waals surface area contributed by atoms with E-state index in [-0.39, 0.29) is 26.3 Å². The Morgan fingerprint density at radius 1 is 0.875 bits per heavy atom. The van der Waals surface area contributed by atoms with Crippen molar-refractivity contribution >= 4 is 29.5 Å². The van der Waals surface area contributed by atoms with Crippen LogP contribution in [-0.2, 0) is 37.5 Å². The number of esters is 1.